The Morgan fingerprint density at radius 1 is 0.493 bits per heavy atom. The number of aryl methyl sites for hydroxylation is 2. The third-order valence-corrected chi connectivity index (χ3v) is 28.3. The smallest absolute Gasteiger partial charge is 0.408 e. The first kappa shape index (κ1) is 94.6. The molecule has 16 rings (SSSR count). The van der Waals surface area contributed by atoms with Crippen molar-refractivity contribution < 1.29 is 166 Å². The quantitative estimate of drug-likeness (QED) is 0.0798. The average Bonchev–Trinajstić information content (AvgIpc) is 1.26. The number of hydrogen-bond donors (Lipinski definition) is 1. The van der Waals surface area contributed by atoms with Crippen molar-refractivity contribution in [2.24, 2.45) is 75.4 Å². The number of methoxy groups -OCH3 is 3. The van der Waals surface area contributed by atoms with E-state index in [2.05, 4.69) is 35.2 Å². The maximum absolute atomic E-state index is 15.7. The maximum atomic E-state index is 15.7. The largest absolute Gasteiger partial charge is 0.540 e. The van der Waals surface area contributed by atoms with E-state index in [1.807, 2.05) is 81.2 Å². The zero-order valence-electron chi connectivity index (χ0n) is 87.3. The van der Waals surface area contributed by atoms with E-state index in [4.69, 9.17) is 55.6 Å². The minimum absolute atomic E-state index is 0. The molecule has 134 heavy (non-hydrogen) atoms. The fraction of sp³-hybridized carbons (Fsp3) is 0.670. The van der Waals surface area contributed by atoms with Gasteiger partial charge in [-0.25, -0.2) is 53.6 Å². The Morgan fingerprint density at radius 3 is 1.40 bits per heavy atom. The van der Waals surface area contributed by atoms with Gasteiger partial charge in [-0.2, -0.15) is 8.78 Å². The summed E-state index contributed by atoms with van der Waals surface area (Å²) >= 11 is 0. The van der Waals surface area contributed by atoms with Crippen LogP contribution in [0, 0.1) is 75.4 Å². The van der Waals surface area contributed by atoms with Crippen LogP contribution in [0.4, 0.5) is 13.6 Å². The minimum atomic E-state index is -3.58. The molecule has 4 amide bonds. The van der Waals surface area contributed by atoms with Gasteiger partial charge in [0.05, 0.1) is 98.7 Å². The summed E-state index contributed by atoms with van der Waals surface area (Å²) in [5, 5.41) is 2.70. The first-order chi connectivity index (χ1) is 65.4. The summed E-state index contributed by atoms with van der Waals surface area (Å²) in [7, 11) is 4.50. The van der Waals surface area contributed by atoms with E-state index < -0.39 is 174 Å². The van der Waals surface area contributed by atoms with Gasteiger partial charge in [0.25, 0.3) is 0 Å². The first-order valence-corrected chi connectivity index (χ1v) is 46.4. The number of carbonyl (C=O) groups excluding carboxylic acids is 9. The molecule has 0 spiro atoms. The van der Waals surface area contributed by atoms with Gasteiger partial charge in [0, 0.05) is 97.4 Å². The zero-order valence-corrected chi connectivity index (χ0v) is 83.5. The molecule has 20 atom stereocenters. The van der Waals surface area contributed by atoms with Crippen molar-refractivity contribution >= 4 is 87.7 Å². The average molecular weight is 1980 g/mol. The minimum Gasteiger partial charge on any atom is -0.540 e. The number of esters is 2. The second-order valence-electron chi connectivity index (χ2n) is 40.1. The Hall–Kier alpha value is -8.32. The van der Waals surface area contributed by atoms with E-state index in [-0.39, 0.29) is 177 Å². The van der Waals surface area contributed by atoms with Crippen molar-refractivity contribution in [3.05, 3.63) is 71.7 Å². The molecular formula is C100H131F2N10O19V3-3. The molecule has 2 unspecified atom stereocenters. The fourth-order valence-corrected chi connectivity index (χ4v) is 20.5. The molecule has 4 saturated carbocycles. The Bertz CT molecular complexity index is 5480. The molecule has 6 bridgehead atoms. The van der Waals surface area contributed by atoms with Crippen LogP contribution < -0.4 is 33.7 Å². The third-order valence-electron chi connectivity index (χ3n) is 28.3. The number of alkyl halides is 2. The summed E-state index contributed by atoms with van der Waals surface area (Å²) < 4.78 is 162. The van der Waals surface area contributed by atoms with Crippen molar-refractivity contribution in [1.82, 2.24) is 49.9 Å². The number of fused-ring (bicyclic) bond motifs is 17. The molecule has 3 aromatic carbocycles. The molecule has 1 N–H and O–H groups in total. The molecular weight excluding hydrogens is 1840 g/mol. The molecule has 727 valence electrons. The molecule has 29 nitrogen and oxygen atoms in total. The Balaban J connectivity index is 0.000000202. The monoisotopic (exact) mass is 1970 g/mol. The van der Waals surface area contributed by atoms with E-state index in [1.165, 1.54) is 42.1 Å². The zero-order chi connectivity index (χ0) is 101. The number of rotatable bonds is 9. The number of alkyl carbamates (subject to hydrolysis) is 1. The topological polar surface area (TPSA) is 345 Å². The molecule has 3 aromatic heterocycles. The SMILES string of the molecule is CC[C@@H]1[C@@H]2CN(C(=O)[C@H](C(C)(C)C)NC(=O)O[C@@H]3C[C@H]3CCOCC(F)(F)c3nc4ccc(OC)cc4nc3O2)[C@@H]1[C-]=O.[2H]C1([2H])CCC[C@@H]2C3CC3C[C@H]2OC(=O)C[C@@H](C(C)(C)C)C(=O)N2C[C@H](Oc3nc4cc(OC)ccc4nc3C1([2H])[2H])[C@@H](CC)[C@H]2[C-]=O.[2H]C1([2H])CCC[C@@H]2CCC[C@@]2(C)OC(=O)C[C@@H](C(C)(C)C)C(=O)N2C[C@H](Oc3nc4cc(OC)ccc4nc3C1([2H])[2H])[C@@H](CC)[C@H]2[C-]=O.[V].[V].[V]. The van der Waals surface area contributed by atoms with Crippen LogP contribution in [-0.2, 0) is 132 Å². The number of benzene rings is 3. The standard InChI is InChI=1S/C35H46N3O6.C35H48N3O6.C30H37F2N4O7.3V/c1-6-22-29(19-39)38-18-31(22)44-33-27(36-26-13-12-21(42-5)16-28(26)37-33)11-9-7-8-10-23-24-14-20(24)15-30(23)43-32(40)17-25(34(38)41)35(2,3)4;1-7-24-29(21-39)38-20-30(24)43-32-27(36-26-16-15-23(42-6)18-28(26)37-32)14-10-8-9-12-22-13-11-17-35(22,5)44-31(40)19-25(33(38)41)34(2,3)4;1-6-18-21(14-37)36-13-23(18)42-26-24(33-19-8-7-17(40-5)12-20(19)34-26)30(31,32)15-41-10-9-16-11-22(16)43-28(39)35-25(27(36)38)29(2,3)4;;;/h12-13,16,20,22-25,29-31H,6-11,14-15,17-18H2,1-5H3;15-16,18,22,24-25,29-30H,7-14,17,19-20H2,1-6H3;7-8,12,16,18,21-23,25H,6,9-11,13,15H2,1-5H3,(H,35,39);;;/q3*-1;;;/t20?,22-,23+,24?,25+,29+,30+,31-;22-,24+,25-,29-,30+,35-;16-,18+,21-,22-,23+,25-;;;/m011.../s1/i9D2,11D2;10D2,14D2;;;;. The van der Waals surface area contributed by atoms with Crippen molar-refractivity contribution in [3.63, 3.8) is 0 Å². The van der Waals surface area contributed by atoms with Crippen LogP contribution in [0.3, 0.4) is 0 Å². The van der Waals surface area contributed by atoms with Gasteiger partial charge in [-0.1, -0.05) is 146 Å². The summed E-state index contributed by atoms with van der Waals surface area (Å²) in [6.07, 6.45) is -0.282. The third kappa shape index (κ3) is 24.0. The maximum Gasteiger partial charge on any atom is 0.408 e. The van der Waals surface area contributed by atoms with Crippen LogP contribution in [0.2, 0.25) is 0 Å². The van der Waals surface area contributed by atoms with Crippen LogP contribution in [0.5, 0.6) is 34.9 Å². The van der Waals surface area contributed by atoms with E-state index in [9.17, 15) is 45.9 Å². The summed E-state index contributed by atoms with van der Waals surface area (Å²) in [5.74, 6) is -7.53. The number of nitrogens with one attached hydrogen (secondary N) is 1. The molecule has 4 aliphatic carbocycles. The normalized spacial score (nSPS) is 32.7. The van der Waals surface area contributed by atoms with E-state index in [0.717, 1.165) is 25.7 Å². The van der Waals surface area contributed by atoms with Gasteiger partial charge in [0.2, 0.25) is 35.4 Å². The summed E-state index contributed by atoms with van der Waals surface area (Å²) in [6.45, 7) is 23.0. The predicted octanol–water partition coefficient (Wildman–Crippen LogP) is 15.2. The molecule has 7 fully saturated rings. The van der Waals surface area contributed by atoms with Gasteiger partial charge in [-0.05, 0) is 184 Å². The van der Waals surface area contributed by atoms with Crippen molar-refractivity contribution in [2.45, 2.75) is 297 Å². The fourth-order valence-electron chi connectivity index (χ4n) is 20.5. The van der Waals surface area contributed by atoms with E-state index in [1.54, 1.807) is 76.2 Å². The van der Waals surface area contributed by atoms with Gasteiger partial charge in [-0.15, -0.1) is 0 Å². The second kappa shape index (κ2) is 44.6. The van der Waals surface area contributed by atoms with Crippen molar-refractivity contribution in [1.29, 1.82) is 0 Å². The summed E-state index contributed by atoms with van der Waals surface area (Å²) in [4.78, 5) is 151. The molecule has 6 aromatic rings. The Morgan fingerprint density at radius 2 is 0.933 bits per heavy atom. The number of amides is 4. The second-order valence-corrected chi connectivity index (χ2v) is 40.1. The molecule has 9 heterocycles. The van der Waals surface area contributed by atoms with Gasteiger partial charge in [0.1, 0.15) is 77.4 Å². The van der Waals surface area contributed by atoms with E-state index >= 15 is 8.78 Å². The van der Waals surface area contributed by atoms with Crippen LogP contribution in [0.1, 0.15) is 246 Å². The molecule has 6 aliphatic heterocycles. The number of aromatic nitrogens is 6. The Labute approximate surface area is 832 Å². The number of nitrogens with zero attached hydrogens (tertiary/aromatic N) is 9. The molecule has 3 saturated heterocycles. The molecule has 3 radical (unpaired) electrons. The van der Waals surface area contributed by atoms with Gasteiger partial charge >= 0.3 is 24.0 Å². The van der Waals surface area contributed by atoms with Crippen molar-refractivity contribution in [2.75, 3.05) is 54.2 Å². The predicted molar refractivity (Wildman–Crippen MR) is 481 cm³/mol. The van der Waals surface area contributed by atoms with Gasteiger partial charge < -0.3 is 81.8 Å². The number of halogens is 2. The summed E-state index contributed by atoms with van der Waals surface area (Å²) in [6, 6.07) is 10.5. The number of hydrogen-bond acceptors (Lipinski definition) is 25. The van der Waals surface area contributed by atoms with Crippen molar-refractivity contribution in [3.8, 4) is 34.9 Å². The van der Waals surface area contributed by atoms with Gasteiger partial charge in [-0.3, -0.25) is 24.0 Å². The van der Waals surface area contributed by atoms with Crippen LogP contribution in [0.15, 0.2) is 54.6 Å². The summed E-state index contributed by atoms with van der Waals surface area (Å²) in [5.41, 5.74) is -2.18. The van der Waals surface area contributed by atoms with Gasteiger partial charge in [0.15, 0.2) is 5.69 Å². The molecule has 34 heteroatoms. The van der Waals surface area contributed by atoms with Crippen LogP contribution in [-0.4, -0.2) is 214 Å². The number of ether oxygens (including phenoxy) is 10. The Kier molecular flexibility index (Phi) is 31.5. The van der Waals surface area contributed by atoms with Crippen LogP contribution >= 0.6 is 0 Å². The van der Waals surface area contributed by atoms with E-state index in [0.29, 0.717) is 115 Å². The van der Waals surface area contributed by atoms with Crippen LogP contribution in [0.25, 0.3) is 33.1 Å². The first-order valence-electron chi connectivity index (χ1n) is 50.4. The number of carbonyl (C=O) groups is 6. The molecule has 10 aliphatic rings.